The van der Waals surface area contributed by atoms with E-state index in [1.54, 1.807) is 12.1 Å². The fraction of sp³-hybridized carbons (Fsp3) is 0.273. The van der Waals surface area contributed by atoms with Crippen LogP contribution in [0.15, 0.2) is 30.5 Å². The first-order chi connectivity index (χ1) is 6.31. The van der Waals surface area contributed by atoms with E-state index < -0.39 is 0 Å². The summed E-state index contributed by atoms with van der Waals surface area (Å²) in [6, 6.07) is 4.88. The molecule has 0 bridgehead atoms. The van der Waals surface area contributed by atoms with E-state index >= 15 is 0 Å². The zero-order valence-corrected chi connectivity index (χ0v) is 7.55. The van der Waals surface area contributed by atoms with Crippen molar-refractivity contribution in [2.75, 3.05) is 5.32 Å². The fourth-order valence-corrected chi connectivity index (χ4v) is 1.69. The van der Waals surface area contributed by atoms with E-state index in [4.69, 9.17) is 0 Å². The van der Waals surface area contributed by atoms with Crippen molar-refractivity contribution in [2.24, 2.45) is 0 Å². The van der Waals surface area contributed by atoms with Gasteiger partial charge in [0.05, 0.1) is 0 Å². The zero-order chi connectivity index (χ0) is 9.26. The number of hydrogen-bond donors (Lipinski definition) is 1. The molecule has 0 aromatic heterocycles. The predicted molar refractivity (Wildman–Crippen MR) is 52.2 cm³/mol. The van der Waals surface area contributed by atoms with Gasteiger partial charge in [0.15, 0.2) is 0 Å². The average molecular weight is 177 g/mol. The van der Waals surface area contributed by atoms with E-state index in [1.807, 2.05) is 6.20 Å². The molecule has 1 aliphatic heterocycles. The molecule has 0 amide bonds. The summed E-state index contributed by atoms with van der Waals surface area (Å²) in [7, 11) is 0. The SMILES string of the molecule is CCC1C=CNc2ccc(F)cc21. The van der Waals surface area contributed by atoms with E-state index in [2.05, 4.69) is 18.3 Å². The topological polar surface area (TPSA) is 12.0 Å². The maximum atomic E-state index is 13.0. The third-order valence-electron chi connectivity index (χ3n) is 2.42. The number of rotatable bonds is 1. The van der Waals surface area contributed by atoms with Gasteiger partial charge in [0.1, 0.15) is 5.82 Å². The molecule has 1 atom stereocenters. The van der Waals surface area contributed by atoms with Gasteiger partial charge in [-0.3, -0.25) is 0 Å². The minimum Gasteiger partial charge on any atom is -0.362 e. The minimum atomic E-state index is -0.158. The number of hydrogen-bond acceptors (Lipinski definition) is 1. The summed E-state index contributed by atoms with van der Waals surface area (Å²) < 4.78 is 13.0. The van der Waals surface area contributed by atoms with Crippen LogP contribution in [0.2, 0.25) is 0 Å². The smallest absolute Gasteiger partial charge is 0.123 e. The molecule has 0 aliphatic carbocycles. The first-order valence-electron chi connectivity index (χ1n) is 4.54. The number of halogens is 1. The van der Waals surface area contributed by atoms with Crippen LogP contribution in [-0.4, -0.2) is 0 Å². The number of benzene rings is 1. The summed E-state index contributed by atoms with van der Waals surface area (Å²) in [5.41, 5.74) is 2.08. The molecular weight excluding hydrogens is 165 g/mol. The van der Waals surface area contributed by atoms with Crippen molar-refractivity contribution in [1.29, 1.82) is 0 Å². The highest BCUT2D eigenvalue weighted by Gasteiger charge is 2.14. The first kappa shape index (κ1) is 8.30. The molecule has 0 saturated carbocycles. The van der Waals surface area contributed by atoms with E-state index in [0.29, 0.717) is 5.92 Å². The van der Waals surface area contributed by atoms with Gasteiger partial charge in [-0.05, 0) is 36.4 Å². The molecule has 1 aliphatic rings. The van der Waals surface area contributed by atoms with Crippen LogP contribution in [0.3, 0.4) is 0 Å². The van der Waals surface area contributed by atoms with Crippen LogP contribution >= 0.6 is 0 Å². The summed E-state index contributed by atoms with van der Waals surface area (Å²) in [6.45, 7) is 2.11. The standard InChI is InChI=1S/C11H12FN/c1-2-8-5-6-13-11-4-3-9(12)7-10(8)11/h3-8,13H,2H2,1H3. The van der Waals surface area contributed by atoms with E-state index in [1.165, 1.54) is 6.07 Å². The van der Waals surface area contributed by atoms with Crippen molar-refractivity contribution in [1.82, 2.24) is 0 Å². The summed E-state index contributed by atoms with van der Waals surface area (Å²) in [5.74, 6) is 0.196. The van der Waals surface area contributed by atoms with Crippen molar-refractivity contribution in [3.05, 3.63) is 41.9 Å². The molecule has 68 valence electrons. The minimum absolute atomic E-state index is 0.158. The lowest BCUT2D eigenvalue weighted by molar-refractivity contribution is 0.623. The second-order valence-electron chi connectivity index (χ2n) is 3.25. The highest BCUT2D eigenvalue weighted by atomic mass is 19.1. The van der Waals surface area contributed by atoms with Crippen molar-refractivity contribution in [2.45, 2.75) is 19.3 Å². The molecule has 0 spiro atoms. The van der Waals surface area contributed by atoms with Gasteiger partial charge in [0.25, 0.3) is 0 Å². The molecule has 1 heterocycles. The first-order valence-corrected chi connectivity index (χ1v) is 4.54. The summed E-state index contributed by atoms with van der Waals surface area (Å²) in [4.78, 5) is 0. The molecule has 1 aromatic rings. The van der Waals surface area contributed by atoms with Crippen molar-refractivity contribution in [3.8, 4) is 0 Å². The van der Waals surface area contributed by atoms with E-state index in [-0.39, 0.29) is 5.82 Å². The Morgan fingerprint density at radius 2 is 2.31 bits per heavy atom. The summed E-state index contributed by atoms with van der Waals surface area (Å²) >= 11 is 0. The molecule has 0 fully saturated rings. The van der Waals surface area contributed by atoms with Gasteiger partial charge in [-0.1, -0.05) is 13.0 Å². The molecule has 13 heavy (non-hydrogen) atoms. The monoisotopic (exact) mass is 177 g/mol. The zero-order valence-electron chi connectivity index (χ0n) is 7.55. The van der Waals surface area contributed by atoms with Crippen molar-refractivity contribution < 1.29 is 4.39 Å². The van der Waals surface area contributed by atoms with Crippen LogP contribution in [0.1, 0.15) is 24.8 Å². The lowest BCUT2D eigenvalue weighted by atomic mass is 9.93. The van der Waals surface area contributed by atoms with Gasteiger partial charge in [-0.2, -0.15) is 0 Å². The Bertz CT molecular complexity index is 344. The third-order valence-corrected chi connectivity index (χ3v) is 2.42. The molecule has 2 rings (SSSR count). The number of fused-ring (bicyclic) bond motifs is 1. The van der Waals surface area contributed by atoms with Crippen molar-refractivity contribution >= 4 is 5.69 Å². The molecule has 1 N–H and O–H groups in total. The van der Waals surface area contributed by atoms with Gasteiger partial charge >= 0.3 is 0 Å². The van der Waals surface area contributed by atoms with Crippen LogP contribution < -0.4 is 5.32 Å². The van der Waals surface area contributed by atoms with Crippen molar-refractivity contribution in [3.63, 3.8) is 0 Å². The molecule has 1 aromatic carbocycles. The lowest BCUT2D eigenvalue weighted by Crippen LogP contribution is -2.05. The fourth-order valence-electron chi connectivity index (χ4n) is 1.69. The largest absolute Gasteiger partial charge is 0.362 e. The molecule has 0 radical (unpaired) electrons. The number of anilines is 1. The van der Waals surface area contributed by atoms with Gasteiger partial charge < -0.3 is 5.32 Å². The Morgan fingerprint density at radius 3 is 3.08 bits per heavy atom. The Balaban J connectivity index is 2.46. The van der Waals surface area contributed by atoms with Gasteiger partial charge in [0.2, 0.25) is 0 Å². The Kier molecular flexibility index (Phi) is 2.05. The predicted octanol–water partition coefficient (Wildman–Crippen LogP) is 3.26. The van der Waals surface area contributed by atoms with Crippen LogP contribution in [0.25, 0.3) is 0 Å². The quantitative estimate of drug-likeness (QED) is 0.694. The van der Waals surface area contributed by atoms with Crippen LogP contribution in [0, 0.1) is 5.82 Å². The second-order valence-corrected chi connectivity index (χ2v) is 3.25. The van der Waals surface area contributed by atoms with Crippen LogP contribution in [0.4, 0.5) is 10.1 Å². The summed E-state index contributed by atoms with van der Waals surface area (Å²) in [5, 5.41) is 3.11. The maximum Gasteiger partial charge on any atom is 0.123 e. The summed E-state index contributed by atoms with van der Waals surface area (Å²) in [6.07, 6.45) is 5.00. The van der Waals surface area contributed by atoms with Crippen LogP contribution in [0.5, 0.6) is 0 Å². The molecule has 0 saturated heterocycles. The van der Waals surface area contributed by atoms with E-state index in [0.717, 1.165) is 17.7 Å². The number of nitrogens with one attached hydrogen (secondary N) is 1. The molecular formula is C11H12FN. The van der Waals surface area contributed by atoms with E-state index in [9.17, 15) is 4.39 Å². The third kappa shape index (κ3) is 1.44. The Morgan fingerprint density at radius 1 is 1.46 bits per heavy atom. The Labute approximate surface area is 77.3 Å². The van der Waals surface area contributed by atoms with Crippen LogP contribution in [-0.2, 0) is 0 Å². The molecule has 1 nitrogen and oxygen atoms in total. The molecule has 2 heteroatoms. The Hall–Kier alpha value is -1.31. The lowest BCUT2D eigenvalue weighted by Gasteiger charge is -2.20. The maximum absolute atomic E-state index is 13.0. The van der Waals surface area contributed by atoms with Gasteiger partial charge in [-0.15, -0.1) is 0 Å². The second kappa shape index (κ2) is 3.21. The van der Waals surface area contributed by atoms with Gasteiger partial charge in [-0.25, -0.2) is 4.39 Å². The average Bonchev–Trinajstić information content (AvgIpc) is 2.17. The number of allylic oxidation sites excluding steroid dienone is 1. The normalized spacial score (nSPS) is 19.4. The highest BCUT2D eigenvalue weighted by Crippen LogP contribution is 2.31. The van der Waals surface area contributed by atoms with Gasteiger partial charge in [0, 0.05) is 11.6 Å². The molecule has 1 unspecified atom stereocenters. The highest BCUT2D eigenvalue weighted by molar-refractivity contribution is 5.58.